The van der Waals surface area contributed by atoms with Crippen molar-refractivity contribution in [2.24, 2.45) is 0 Å². The number of amides is 1. The molecular formula is C21H17ClN2O2S. The summed E-state index contributed by atoms with van der Waals surface area (Å²) in [5.41, 5.74) is 3.68. The van der Waals surface area contributed by atoms with Crippen molar-refractivity contribution in [2.75, 3.05) is 12.4 Å². The first-order valence-corrected chi connectivity index (χ1v) is 9.60. The number of benzene rings is 2. The van der Waals surface area contributed by atoms with Gasteiger partial charge in [0, 0.05) is 16.5 Å². The molecule has 2 heterocycles. The minimum atomic E-state index is -0.143. The van der Waals surface area contributed by atoms with Gasteiger partial charge in [-0.1, -0.05) is 17.7 Å². The number of pyridine rings is 1. The predicted molar refractivity (Wildman–Crippen MR) is 113 cm³/mol. The van der Waals surface area contributed by atoms with Crippen molar-refractivity contribution in [3.8, 4) is 5.75 Å². The van der Waals surface area contributed by atoms with Crippen molar-refractivity contribution < 1.29 is 9.53 Å². The van der Waals surface area contributed by atoms with E-state index in [1.54, 1.807) is 7.11 Å². The number of nitrogens with zero attached hydrogens (tertiary/aromatic N) is 1. The third-order valence-electron chi connectivity index (χ3n) is 4.30. The second-order valence-corrected chi connectivity index (χ2v) is 7.89. The van der Waals surface area contributed by atoms with Crippen LogP contribution in [-0.4, -0.2) is 18.0 Å². The summed E-state index contributed by atoms with van der Waals surface area (Å²) in [7, 11) is 1.58. The molecule has 4 rings (SSSR count). The van der Waals surface area contributed by atoms with E-state index in [0.29, 0.717) is 21.2 Å². The first kappa shape index (κ1) is 17.8. The van der Waals surface area contributed by atoms with Gasteiger partial charge in [0.1, 0.15) is 15.6 Å². The maximum Gasteiger partial charge on any atom is 0.265 e. The van der Waals surface area contributed by atoms with Crippen molar-refractivity contribution in [3.05, 3.63) is 63.5 Å². The third-order valence-corrected chi connectivity index (χ3v) is 5.71. The zero-order valence-electron chi connectivity index (χ0n) is 15.1. The molecule has 4 nitrogen and oxygen atoms in total. The van der Waals surface area contributed by atoms with Crippen molar-refractivity contribution in [3.63, 3.8) is 0 Å². The van der Waals surface area contributed by atoms with E-state index in [1.165, 1.54) is 11.3 Å². The highest BCUT2D eigenvalue weighted by Gasteiger charge is 2.14. The van der Waals surface area contributed by atoms with Crippen LogP contribution in [0, 0.1) is 13.8 Å². The van der Waals surface area contributed by atoms with Crippen LogP contribution in [0.3, 0.4) is 0 Å². The van der Waals surface area contributed by atoms with Gasteiger partial charge in [-0.25, -0.2) is 4.98 Å². The number of halogens is 1. The summed E-state index contributed by atoms with van der Waals surface area (Å²) in [5.74, 6) is 0.441. The number of methoxy groups -OCH3 is 1. The standard InChI is InChI=1S/C21H17ClN2O2S/c1-11-6-12(2)8-15(7-11)23-20(25)17-10-14-9-13-4-5-16(26-3)18(22)19(13)24-21(14)27-17/h4-10H,1-3H3,(H,23,25). The summed E-state index contributed by atoms with van der Waals surface area (Å²) < 4.78 is 5.26. The fraction of sp³-hybridized carbons (Fsp3) is 0.143. The predicted octanol–water partition coefficient (Wildman–Crippen LogP) is 5.98. The summed E-state index contributed by atoms with van der Waals surface area (Å²) in [6.45, 7) is 4.02. The molecule has 6 heteroatoms. The highest BCUT2D eigenvalue weighted by molar-refractivity contribution is 7.20. The number of nitrogens with one attached hydrogen (secondary N) is 1. The first-order chi connectivity index (χ1) is 12.9. The van der Waals surface area contributed by atoms with E-state index in [-0.39, 0.29) is 5.91 Å². The second-order valence-electron chi connectivity index (χ2n) is 6.48. The van der Waals surface area contributed by atoms with Gasteiger partial charge in [-0.2, -0.15) is 0 Å². The number of rotatable bonds is 3. The Morgan fingerprint density at radius 1 is 1.07 bits per heavy atom. The molecule has 1 amide bonds. The van der Waals surface area contributed by atoms with Crippen LogP contribution in [0.5, 0.6) is 5.75 Å². The highest BCUT2D eigenvalue weighted by Crippen LogP contribution is 2.35. The van der Waals surface area contributed by atoms with Crippen LogP contribution in [0.25, 0.3) is 21.1 Å². The minimum absolute atomic E-state index is 0.143. The smallest absolute Gasteiger partial charge is 0.265 e. The number of ether oxygens (including phenoxy) is 1. The van der Waals surface area contributed by atoms with Crippen LogP contribution < -0.4 is 10.1 Å². The van der Waals surface area contributed by atoms with Crippen LogP contribution in [0.1, 0.15) is 20.8 Å². The SMILES string of the molecule is COc1ccc2cc3cc(C(=O)Nc4cc(C)cc(C)c4)sc3nc2c1Cl. The molecule has 0 aliphatic heterocycles. The van der Waals surface area contributed by atoms with Gasteiger partial charge in [0.2, 0.25) is 0 Å². The lowest BCUT2D eigenvalue weighted by atomic mass is 10.1. The molecule has 1 N–H and O–H groups in total. The van der Waals surface area contributed by atoms with Gasteiger partial charge in [0.05, 0.1) is 17.5 Å². The van der Waals surface area contributed by atoms with Gasteiger partial charge in [-0.05, 0) is 61.4 Å². The molecule has 2 aromatic carbocycles. The van der Waals surface area contributed by atoms with E-state index >= 15 is 0 Å². The monoisotopic (exact) mass is 396 g/mol. The Balaban J connectivity index is 1.73. The molecule has 0 atom stereocenters. The molecule has 0 radical (unpaired) electrons. The van der Waals surface area contributed by atoms with E-state index in [9.17, 15) is 4.79 Å². The molecule has 0 spiro atoms. The number of aryl methyl sites for hydroxylation is 2. The van der Waals surface area contributed by atoms with E-state index in [4.69, 9.17) is 16.3 Å². The number of thiophene rings is 1. The van der Waals surface area contributed by atoms with Crippen LogP contribution in [-0.2, 0) is 0 Å². The largest absolute Gasteiger partial charge is 0.495 e. The van der Waals surface area contributed by atoms with Crippen LogP contribution in [0.15, 0.2) is 42.5 Å². The quantitative estimate of drug-likeness (QED) is 0.463. The molecule has 0 saturated heterocycles. The summed E-state index contributed by atoms with van der Waals surface area (Å²) in [6, 6.07) is 13.6. The lowest BCUT2D eigenvalue weighted by Gasteiger charge is -2.06. The van der Waals surface area contributed by atoms with E-state index in [1.807, 2.05) is 50.2 Å². The lowest BCUT2D eigenvalue weighted by Crippen LogP contribution is -2.10. The van der Waals surface area contributed by atoms with Crippen molar-refractivity contribution in [2.45, 2.75) is 13.8 Å². The van der Waals surface area contributed by atoms with E-state index in [2.05, 4.69) is 16.4 Å². The molecule has 27 heavy (non-hydrogen) atoms. The van der Waals surface area contributed by atoms with Crippen LogP contribution >= 0.6 is 22.9 Å². The third kappa shape index (κ3) is 3.36. The molecule has 0 aliphatic rings. The Morgan fingerprint density at radius 3 is 2.52 bits per heavy atom. The fourth-order valence-electron chi connectivity index (χ4n) is 3.16. The van der Waals surface area contributed by atoms with Crippen molar-refractivity contribution >= 4 is 55.7 Å². The lowest BCUT2D eigenvalue weighted by molar-refractivity contribution is 0.103. The summed E-state index contributed by atoms with van der Waals surface area (Å²) in [5, 5.41) is 5.27. The number of hydrogen-bond donors (Lipinski definition) is 1. The Hall–Kier alpha value is -2.63. The molecular weight excluding hydrogens is 380 g/mol. The zero-order chi connectivity index (χ0) is 19.1. The number of anilines is 1. The number of carbonyl (C=O) groups excluding carboxylic acids is 1. The maximum absolute atomic E-state index is 12.7. The second kappa shape index (κ2) is 6.83. The van der Waals surface area contributed by atoms with Gasteiger partial charge >= 0.3 is 0 Å². The molecule has 0 saturated carbocycles. The van der Waals surface area contributed by atoms with Crippen molar-refractivity contribution in [1.29, 1.82) is 0 Å². The number of carbonyl (C=O) groups is 1. The topological polar surface area (TPSA) is 51.2 Å². The molecule has 0 unspecified atom stereocenters. The minimum Gasteiger partial charge on any atom is -0.495 e. The van der Waals surface area contributed by atoms with Crippen molar-refractivity contribution in [1.82, 2.24) is 4.98 Å². The molecule has 136 valence electrons. The Kier molecular flexibility index (Phi) is 4.50. The maximum atomic E-state index is 12.7. The van der Waals surface area contributed by atoms with E-state index < -0.39 is 0 Å². The normalized spacial score (nSPS) is 11.1. The molecule has 0 aliphatic carbocycles. The van der Waals surface area contributed by atoms with Gasteiger partial charge in [0.15, 0.2) is 0 Å². The zero-order valence-corrected chi connectivity index (χ0v) is 16.7. The average Bonchev–Trinajstić information content (AvgIpc) is 3.03. The van der Waals surface area contributed by atoms with Crippen LogP contribution in [0.2, 0.25) is 5.02 Å². The van der Waals surface area contributed by atoms with Gasteiger partial charge in [-0.3, -0.25) is 4.79 Å². The summed E-state index contributed by atoms with van der Waals surface area (Å²) in [6.07, 6.45) is 0. The van der Waals surface area contributed by atoms with Gasteiger partial charge in [-0.15, -0.1) is 11.3 Å². The van der Waals surface area contributed by atoms with Gasteiger partial charge in [0.25, 0.3) is 5.91 Å². The first-order valence-electron chi connectivity index (χ1n) is 8.41. The fourth-order valence-corrected chi connectivity index (χ4v) is 4.36. The number of hydrogen-bond acceptors (Lipinski definition) is 4. The van der Waals surface area contributed by atoms with Gasteiger partial charge < -0.3 is 10.1 Å². The highest BCUT2D eigenvalue weighted by atomic mass is 35.5. The molecule has 4 aromatic rings. The molecule has 2 aromatic heterocycles. The summed E-state index contributed by atoms with van der Waals surface area (Å²) in [4.78, 5) is 18.7. The Bertz CT molecular complexity index is 1180. The number of fused-ring (bicyclic) bond motifs is 2. The average molecular weight is 397 g/mol. The van der Waals surface area contributed by atoms with E-state index in [0.717, 1.165) is 32.4 Å². The van der Waals surface area contributed by atoms with Crippen LogP contribution in [0.4, 0.5) is 5.69 Å². The number of aromatic nitrogens is 1. The Labute approximate surface area is 165 Å². The molecule has 0 fully saturated rings. The Morgan fingerprint density at radius 2 is 1.81 bits per heavy atom. The summed E-state index contributed by atoms with van der Waals surface area (Å²) >= 11 is 7.73. The molecule has 0 bridgehead atoms.